The number of methoxy groups -OCH3 is 1. The number of aromatic nitrogens is 4. The van der Waals surface area contributed by atoms with E-state index in [-0.39, 0.29) is 35.9 Å². The molecule has 1 fully saturated rings. The first kappa shape index (κ1) is 26.7. The van der Waals surface area contributed by atoms with Gasteiger partial charge in [0.25, 0.3) is 5.91 Å². The van der Waals surface area contributed by atoms with Crippen molar-refractivity contribution in [2.45, 2.75) is 63.9 Å². The minimum atomic E-state index is -0.403. The van der Waals surface area contributed by atoms with Gasteiger partial charge in [-0.1, -0.05) is 11.6 Å². The fourth-order valence-electron chi connectivity index (χ4n) is 5.31. The molecule has 3 aromatic heterocycles. The van der Waals surface area contributed by atoms with Gasteiger partial charge in [-0.25, -0.2) is 9.37 Å². The number of halogens is 2. The zero-order valence-electron chi connectivity index (χ0n) is 21.8. The molecule has 1 saturated heterocycles. The van der Waals surface area contributed by atoms with Gasteiger partial charge < -0.3 is 30.0 Å². The smallest absolute Gasteiger partial charge is 0.272 e. The van der Waals surface area contributed by atoms with Crippen LogP contribution in [0, 0.1) is 5.82 Å². The molecule has 204 valence electrons. The second-order valence-electron chi connectivity index (χ2n) is 10.1. The third-order valence-corrected chi connectivity index (χ3v) is 7.52. The number of rotatable bonds is 8. The molecule has 0 bridgehead atoms. The van der Waals surface area contributed by atoms with Crippen molar-refractivity contribution in [3.05, 3.63) is 46.1 Å². The van der Waals surface area contributed by atoms with Crippen LogP contribution >= 0.6 is 11.6 Å². The van der Waals surface area contributed by atoms with E-state index in [1.807, 2.05) is 23.3 Å². The van der Waals surface area contributed by atoms with Crippen LogP contribution in [0.5, 0.6) is 0 Å². The van der Waals surface area contributed by atoms with Gasteiger partial charge in [0.15, 0.2) is 23.0 Å². The number of carbonyl (C=O) groups is 1. The summed E-state index contributed by atoms with van der Waals surface area (Å²) in [4.78, 5) is 19.5. The largest absolute Gasteiger partial charge is 0.382 e. The molecule has 4 heterocycles. The van der Waals surface area contributed by atoms with Crippen LogP contribution in [0.3, 0.4) is 0 Å². The Morgan fingerprint density at radius 1 is 1.34 bits per heavy atom. The minimum Gasteiger partial charge on any atom is -0.382 e. The van der Waals surface area contributed by atoms with Crippen molar-refractivity contribution >= 4 is 34.4 Å². The van der Waals surface area contributed by atoms with E-state index in [4.69, 9.17) is 26.8 Å². The highest BCUT2D eigenvalue weighted by atomic mass is 35.5. The molecule has 12 heteroatoms. The zero-order chi connectivity index (χ0) is 27.0. The molecule has 10 nitrogen and oxygen atoms in total. The van der Waals surface area contributed by atoms with E-state index in [0.29, 0.717) is 67.4 Å². The van der Waals surface area contributed by atoms with Gasteiger partial charge in [0.1, 0.15) is 0 Å². The SMILES string of the molecule is CCn1cc(Cl)c2cc(C(=O)NC3CCc4nc(N5CC(N)C(OC(C)COC)C5)c(F)cc4C3)nnc21. The summed E-state index contributed by atoms with van der Waals surface area (Å²) in [6.07, 6.45) is 3.23. The maximum atomic E-state index is 15.2. The fourth-order valence-corrected chi connectivity index (χ4v) is 5.57. The highest BCUT2D eigenvalue weighted by Gasteiger charge is 2.35. The zero-order valence-corrected chi connectivity index (χ0v) is 22.5. The Hall–Kier alpha value is -2.86. The fraction of sp³-hybridized carbons (Fsp3) is 0.538. The Labute approximate surface area is 225 Å². The van der Waals surface area contributed by atoms with Crippen molar-refractivity contribution in [1.29, 1.82) is 0 Å². The van der Waals surface area contributed by atoms with Gasteiger partial charge in [-0.2, -0.15) is 0 Å². The number of fused-ring (bicyclic) bond motifs is 2. The van der Waals surface area contributed by atoms with E-state index < -0.39 is 5.82 Å². The molecule has 1 aliphatic heterocycles. The molecule has 2 aliphatic rings. The van der Waals surface area contributed by atoms with Crippen molar-refractivity contribution in [3.8, 4) is 0 Å². The number of carbonyl (C=O) groups excluding carboxylic acids is 1. The number of aryl methyl sites for hydroxylation is 2. The van der Waals surface area contributed by atoms with E-state index in [9.17, 15) is 4.79 Å². The van der Waals surface area contributed by atoms with Crippen molar-refractivity contribution < 1.29 is 18.7 Å². The van der Waals surface area contributed by atoms with Crippen LogP contribution in [0.2, 0.25) is 5.02 Å². The van der Waals surface area contributed by atoms with E-state index in [2.05, 4.69) is 20.5 Å². The van der Waals surface area contributed by atoms with Crippen LogP contribution in [0.4, 0.5) is 10.2 Å². The Kier molecular flexibility index (Phi) is 7.80. The third kappa shape index (κ3) is 5.33. The number of pyridine rings is 1. The van der Waals surface area contributed by atoms with E-state index in [1.54, 1.807) is 19.4 Å². The molecule has 38 heavy (non-hydrogen) atoms. The number of hydrogen-bond donors (Lipinski definition) is 2. The van der Waals surface area contributed by atoms with E-state index in [1.165, 1.54) is 6.07 Å². The highest BCUT2D eigenvalue weighted by Crippen LogP contribution is 2.29. The van der Waals surface area contributed by atoms with Gasteiger partial charge in [-0.05, 0) is 50.8 Å². The van der Waals surface area contributed by atoms with Crippen molar-refractivity contribution in [2.75, 3.05) is 31.7 Å². The number of nitrogens with zero attached hydrogens (tertiary/aromatic N) is 5. The lowest BCUT2D eigenvalue weighted by molar-refractivity contribution is -0.0348. The van der Waals surface area contributed by atoms with Crippen LogP contribution in [-0.2, 0) is 28.9 Å². The normalized spacial score (nSPS) is 22.1. The number of amides is 1. The summed E-state index contributed by atoms with van der Waals surface area (Å²) in [7, 11) is 1.62. The number of anilines is 1. The summed E-state index contributed by atoms with van der Waals surface area (Å²) < 4.78 is 28.2. The predicted molar refractivity (Wildman–Crippen MR) is 142 cm³/mol. The first-order valence-corrected chi connectivity index (χ1v) is 13.3. The molecule has 0 saturated carbocycles. The second-order valence-corrected chi connectivity index (χ2v) is 10.5. The van der Waals surface area contributed by atoms with Crippen LogP contribution in [-0.4, -0.2) is 76.8 Å². The topological polar surface area (TPSA) is 120 Å². The average molecular weight is 546 g/mol. The Morgan fingerprint density at radius 3 is 2.92 bits per heavy atom. The molecule has 5 rings (SSSR count). The van der Waals surface area contributed by atoms with E-state index >= 15 is 4.39 Å². The van der Waals surface area contributed by atoms with Gasteiger partial charge in [0.2, 0.25) is 0 Å². The molecule has 0 aromatic carbocycles. The van der Waals surface area contributed by atoms with Crippen LogP contribution in [0.25, 0.3) is 11.0 Å². The summed E-state index contributed by atoms with van der Waals surface area (Å²) >= 11 is 6.32. The molecule has 0 spiro atoms. The summed E-state index contributed by atoms with van der Waals surface area (Å²) in [5.74, 6) is -0.440. The lowest BCUT2D eigenvalue weighted by Gasteiger charge is -2.27. The number of ether oxygens (including phenoxy) is 2. The Bertz CT molecular complexity index is 1340. The van der Waals surface area contributed by atoms with Gasteiger partial charge in [0.05, 0.1) is 29.9 Å². The second kappa shape index (κ2) is 11.1. The number of nitrogens with two attached hydrogens (primary N) is 1. The molecule has 3 N–H and O–H groups in total. The van der Waals surface area contributed by atoms with Crippen molar-refractivity contribution in [2.24, 2.45) is 5.73 Å². The lowest BCUT2D eigenvalue weighted by Crippen LogP contribution is -2.39. The predicted octanol–water partition coefficient (Wildman–Crippen LogP) is 2.49. The lowest BCUT2D eigenvalue weighted by atomic mass is 9.91. The molecule has 4 unspecified atom stereocenters. The molecule has 0 radical (unpaired) electrons. The van der Waals surface area contributed by atoms with Crippen LogP contribution in [0.15, 0.2) is 18.3 Å². The minimum absolute atomic E-state index is 0.105. The molecular formula is C26H33ClFN7O3. The number of nitrogens with one attached hydrogen (secondary N) is 1. The summed E-state index contributed by atoms with van der Waals surface area (Å²) in [6.45, 7) is 6.00. The molecule has 1 amide bonds. The van der Waals surface area contributed by atoms with Gasteiger partial charge >= 0.3 is 0 Å². The summed E-state index contributed by atoms with van der Waals surface area (Å²) in [6, 6.07) is 2.77. The average Bonchev–Trinajstić information content (AvgIpc) is 3.42. The molecule has 4 atom stereocenters. The maximum absolute atomic E-state index is 15.2. The highest BCUT2D eigenvalue weighted by molar-refractivity contribution is 6.35. The van der Waals surface area contributed by atoms with Gasteiger partial charge in [-0.3, -0.25) is 4.79 Å². The van der Waals surface area contributed by atoms with Gasteiger partial charge in [0, 0.05) is 50.1 Å². The Morgan fingerprint density at radius 2 is 2.16 bits per heavy atom. The van der Waals surface area contributed by atoms with E-state index in [0.717, 1.165) is 11.3 Å². The van der Waals surface area contributed by atoms with Crippen LogP contribution < -0.4 is 16.0 Å². The standard InChI is InChI=1S/C26H33ClFN7O3/c1-4-34-10-18(27)17-9-22(32-33-24(17)34)26(36)30-16-5-6-21-15(7-16)8-19(28)25(31-21)35-11-20(29)23(12-35)38-14(2)13-37-3/h8-10,14,16,20,23H,4-7,11-13,29H2,1-3H3,(H,30,36). The third-order valence-electron chi connectivity index (χ3n) is 7.22. The quantitative estimate of drug-likeness (QED) is 0.443. The van der Waals surface area contributed by atoms with Crippen molar-refractivity contribution in [1.82, 2.24) is 25.1 Å². The first-order valence-electron chi connectivity index (χ1n) is 12.9. The molecule has 1 aliphatic carbocycles. The Balaban J connectivity index is 1.25. The summed E-state index contributed by atoms with van der Waals surface area (Å²) in [5, 5.41) is 12.5. The van der Waals surface area contributed by atoms with Crippen LogP contribution in [0.1, 0.15) is 42.0 Å². The van der Waals surface area contributed by atoms with Crippen molar-refractivity contribution in [3.63, 3.8) is 0 Å². The molecular weight excluding hydrogens is 513 g/mol. The molecule has 3 aromatic rings. The van der Waals surface area contributed by atoms with Gasteiger partial charge in [-0.15, -0.1) is 10.2 Å². The number of hydrogen-bond acceptors (Lipinski definition) is 8. The summed E-state index contributed by atoms with van der Waals surface area (Å²) in [5.41, 5.74) is 8.74. The first-order chi connectivity index (χ1) is 18.3. The maximum Gasteiger partial charge on any atom is 0.272 e. The monoisotopic (exact) mass is 545 g/mol.